The summed E-state index contributed by atoms with van der Waals surface area (Å²) in [6.07, 6.45) is 5.38. The van der Waals surface area contributed by atoms with Crippen molar-refractivity contribution in [2.75, 3.05) is 7.11 Å². The second-order valence-electron chi connectivity index (χ2n) is 4.84. The largest absolute Gasteiger partial charge is 0.471 e. The Kier molecular flexibility index (Phi) is 3.74. The van der Waals surface area contributed by atoms with Crippen LogP contribution in [0.15, 0.2) is 42.9 Å². The Labute approximate surface area is 127 Å². The maximum absolute atomic E-state index is 11.7. The van der Waals surface area contributed by atoms with Gasteiger partial charge in [-0.05, 0) is 24.6 Å². The second kappa shape index (κ2) is 5.85. The van der Waals surface area contributed by atoms with E-state index in [1.807, 2.05) is 31.5 Å². The molecule has 0 spiro atoms. The number of hydrogen-bond acceptors (Lipinski definition) is 5. The van der Waals surface area contributed by atoms with E-state index in [1.54, 1.807) is 22.7 Å². The summed E-state index contributed by atoms with van der Waals surface area (Å²) in [5, 5.41) is 0. The van der Waals surface area contributed by atoms with Crippen LogP contribution >= 0.6 is 0 Å². The minimum atomic E-state index is -0.413. The standard InChI is InChI=1S/C16H15N3O3/c1-11-5-6-14(17-8-11)22-10-12-9-19-7-3-4-13(15(19)18-12)16(20)21-2/h3-9H,10H2,1-2H3. The molecule has 0 aliphatic rings. The van der Waals surface area contributed by atoms with Gasteiger partial charge in [0.1, 0.15) is 12.2 Å². The molecule has 0 saturated carbocycles. The average Bonchev–Trinajstić information content (AvgIpc) is 2.96. The molecule has 3 aromatic heterocycles. The van der Waals surface area contributed by atoms with Crippen molar-refractivity contribution < 1.29 is 14.3 Å². The molecule has 0 bridgehead atoms. The van der Waals surface area contributed by atoms with Gasteiger partial charge in [0.25, 0.3) is 0 Å². The normalized spacial score (nSPS) is 10.6. The summed E-state index contributed by atoms with van der Waals surface area (Å²) in [7, 11) is 1.35. The van der Waals surface area contributed by atoms with Gasteiger partial charge in [-0.25, -0.2) is 14.8 Å². The predicted molar refractivity (Wildman–Crippen MR) is 79.8 cm³/mol. The van der Waals surface area contributed by atoms with Crippen LogP contribution in [0.25, 0.3) is 5.65 Å². The van der Waals surface area contributed by atoms with Crippen molar-refractivity contribution in [1.82, 2.24) is 14.4 Å². The number of ether oxygens (including phenoxy) is 2. The van der Waals surface area contributed by atoms with E-state index in [0.29, 0.717) is 22.8 Å². The molecule has 0 fully saturated rings. The third-order valence-corrected chi connectivity index (χ3v) is 3.19. The third-order valence-electron chi connectivity index (χ3n) is 3.19. The van der Waals surface area contributed by atoms with E-state index in [4.69, 9.17) is 9.47 Å². The zero-order valence-electron chi connectivity index (χ0n) is 12.3. The number of aryl methyl sites for hydroxylation is 1. The molecule has 22 heavy (non-hydrogen) atoms. The SMILES string of the molecule is COC(=O)c1cccn2cc(COc3ccc(C)cn3)nc12. The monoisotopic (exact) mass is 297 g/mol. The van der Waals surface area contributed by atoms with E-state index in [1.165, 1.54) is 7.11 Å². The van der Waals surface area contributed by atoms with Crippen LogP contribution in [0.3, 0.4) is 0 Å². The number of fused-ring (bicyclic) bond motifs is 1. The molecule has 6 nitrogen and oxygen atoms in total. The Balaban J connectivity index is 1.83. The van der Waals surface area contributed by atoms with Crippen LogP contribution in [-0.4, -0.2) is 27.4 Å². The fourth-order valence-electron chi connectivity index (χ4n) is 2.09. The smallest absolute Gasteiger partial charge is 0.341 e. The summed E-state index contributed by atoms with van der Waals surface area (Å²) in [5.74, 6) is 0.125. The molecule has 0 N–H and O–H groups in total. The number of pyridine rings is 2. The summed E-state index contributed by atoms with van der Waals surface area (Å²) in [5.41, 5.74) is 2.75. The second-order valence-corrected chi connectivity index (χ2v) is 4.84. The molecule has 0 saturated heterocycles. The van der Waals surface area contributed by atoms with E-state index in [-0.39, 0.29) is 6.61 Å². The van der Waals surface area contributed by atoms with Crippen LogP contribution in [0.5, 0.6) is 5.88 Å². The maximum Gasteiger partial charge on any atom is 0.341 e. The van der Waals surface area contributed by atoms with Gasteiger partial charge in [0.2, 0.25) is 5.88 Å². The number of esters is 1. The number of carbonyl (C=O) groups is 1. The molecule has 0 radical (unpaired) electrons. The van der Waals surface area contributed by atoms with Crippen LogP contribution in [-0.2, 0) is 11.3 Å². The highest BCUT2D eigenvalue weighted by Crippen LogP contribution is 2.14. The molecule has 112 valence electrons. The van der Waals surface area contributed by atoms with E-state index in [0.717, 1.165) is 5.56 Å². The van der Waals surface area contributed by atoms with Crippen LogP contribution in [0.2, 0.25) is 0 Å². The lowest BCUT2D eigenvalue weighted by molar-refractivity contribution is 0.0602. The Morgan fingerprint density at radius 2 is 2.18 bits per heavy atom. The molecule has 6 heteroatoms. The molecule has 0 amide bonds. The summed E-state index contributed by atoms with van der Waals surface area (Å²) < 4.78 is 12.1. The number of aromatic nitrogens is 3. The topological polar surface area (TPSA) is 65.7 Å². The Morgan fingerprint density at radius 3 is 2.91 bits per heavy atom. The molecule has 3 aromatic rings. The molecule has 0 unspecified atom stereocenters. The summed E-state index contributed by atoms with van der Waals surface area (Å²) in [6, 6.07) is 7.19. The zero-order valence-corrected chi connectivity index (χ0v) is 12.3. The molecule has 0 atom stereocenters. The van der Waals surface area contributed by atoms with Gasteiger partial charge in [-0.2, -0.15) is 0 Å². The summed E-state index contributed by atoms with van der Waals surface area (Å²) in [6.45, 7) is 2.24. The lowest BCUT2D eigenvalue weighted by Gasteiger charge is -2.02. The van der Waals surface area contributed by atoms with Gasteiger partial charge in [-0.3, -0.25) is 0 Å². The van der Waals surface area contributed by atoms with Crippen molar-refractivity contribution >= 4 is 11.6 Å². The van der Waals surface area contributed by atoms with Crippen molar-refractivity contribution in [2.45, 2.75) is 13.5 Å². The number of carbonyl (C=O) groups excluding carboxylic acids is 1. The lowest BCUT2D eigenvalue weighted by atomic mass is 10.3. The first-order valence-electron chi connectivity index (χ1n) is 6.78. The first-order valence-corrected chi connectivity index (χ1v) is 6.78. The van der Waals surface area contributed by atoms with E-state index >= 15 is 0 Å². The molecule has 3 heterocycles. The van der Waals surface area contributed by atoms with Gasteiger partial charge < -0.3 is 13.9 Å². The van der Waals surface area contributed by atoms with E-state index in [9.17, 15) is 4.79 Å². The average molecular weight is 297 g/mol. The summed E-state index contributed by atoms with van der Waals surface area (Å²) >= 11 is 0. The number of nitrogens with zero attached hydrogens (tertiary/aromatic N) is 3. The van der Waals surface area contributed by atoms with Crippen molar-refractivity contribution in [1.29, 1.82) is 0 Å². The Bertz CT molecular complexity index is 809. The van der Waals surface area contributed by atoms with Crippen LogP contribution < -0.4 is 4.74 Å². The quantitative estimate of drug-likeness (QED) is 0.692. The third kappa shape index (κ3) is 2.76. The van der Waals surface area contributed by atoms with Crippen LogP contribution in [0.4, 0.5) is 0 Å². The maximum atomic E-state index is 11.7. The first-order chi connectivity index (χ1) is 10.7. The lowest BCUT2D eigenvalue weighted by Crippen LogP contribution is -2.03. The van der Waals surface area contributed by atoms with Gasteiger partial charge in [0.05, 0.1) is 12.8 Å². The fourth-order valence-corrected chi connectivity index (χ4v) is 2.09. The molecule has 0 aliphatic carbocycles. The Hall–Kier alpha value is -2.89. The Morgan fingerprint density at radius 1 is 1.32 bits per heavy atom. The molecular weight excluding hydrogens is 282 g/mol. The van der Waals surface area contributed by atoms with Crippen molar-refractivity contribution in [3.63, 3.8) is 0 Å². The first kappa shape index (κ1) is 14.1. The number of imidazole rings is 1. The highest BCUT2D eigenvalue weighted by Gasteiger charge is 2.13. The van der Waals surface area contributed by atoms with Crippen LogP contribution in [0, 0.1) is 6.92 Å². The van der Waals surface area contributed by atoms with Gasteiger partial charge in [-0.15, -0.1) is 0 Å². The predicted octanol–water partition coefficient (Wildman–Crippen LogP) is 2.40. The number of rotatable bonds is 4. The summed E-state index contributed by atoms with van der Waals surface area (Å²) in [4.78, 5) is 20.3. The highest BCUT2D eigenvalue weighted by atomic mass is 16.5. The minimum Gasteiger partial charge on any atom is -0.471 e. The highest BCUT2D eigenvalue weighted by molar-refractivity contribution is 5.95. The van der Waals surface area contributed by atoms with Crippen molar-refractivity contribution in [3.05, 3.63) is 59.7 Å². The minimum absolute atomic E-state index is 0.276. The van der Waals surface area contributed by atoms with E-state index < -0.39 is 5.97 Å². The fraction of sp³-hybridized carbons (Fsp3) is 0.188. The molecule has 0 aromatic carbocycles. The number of hydrogen-bond donors (Lipinski definition) is 0. The van der Waals surface area contributed by atoms with Gasteiger partial charge >= 0.3 is 5.97 Å². The zero-order chi connectivity index (χ0) is 15.5. The van der Waals surface area contributed by atoms with Gasteiger partial charge in [-0.1, -0.05) is 6.07 Å². The number of methoxy groups -OCH3 is 1. The van der Waals surface area contributed by atoms with Gasteiger partial charge in [0.15, 0.2) is 5.65 Å². The van der Waals surface area contributed by atoms with Crippen LogP contribution in [0.1, 0.15) is 21.6 Å². The van der Waals surface area contributed by atoms with Crippen molar-refractivity contribution in [3.8, 4) is 5.88 Å². The molecular formula is C16H15N3O3. The molecule has 0 aliphatic heterocycles. The van der Waals surface area contributed by atoms with E-state index in [2.05, 4.69) is 9.97 Å². The van der Waals surface area contributed by atoms with Crippen molar-refractivity contribution in [2.24, 2.45) is 0 Å². The molecule has 3 rings (SSSR count). The van der Waals surface area contributed by atoms with Gasteiger partial charge in [0, 0.05) is 24.7 Å².